The molecule has 1 aromatic rings. The summed E-state index contributed by atoms with van der Waals surface area (Å²) >= 11 is 0. The molecule has 1 aromatic carbocycles. The average molecular weight is 274 g/mol. The van der Waals surface area contributed by atoms with E-state index < -0.39 is 0 Å². The van der Waals surface area contributed by atoms with Gasteiger partial charge in [0.15, 0.2) is 0 Å². The number of carbonyl (C=O) groups excluding carboxylic acids is 2. The van der Waals surface area contributed by atoms with Crippen LogP contribution in [0.4, 0.5) is 4.79 Å². The third-order valence-electron chi connectivity index (χ3n) is 3.93. The van der Waals surface area contributed by atoms with E-state index in [1.54, 1.807) is 4.90 Å². The molecular formula is C15H18N2O3. The molecule has 0 saturated carbocycles. The fourth-order valence-electron chi connectivity index (χ4n) is 2.88. The molecule has 2 atom stereocenters. The summed E-state index contributed by atoms with van der Waals surface area (Å²) in [6.45, 7) is 0.832. The van der Waals surface area contributed by atoms with Gasteiger partial charge in [-0.2, -0.15) is 0 Å². The highest BCUT2D eigenvalue weighted by molar-refractivity contribution is 5.79. The van der Waals surface area contributed by atoms with Gasteiger partial charge in [-0.15, -0.1) is 0 Å². The Morgan fingerprint density at radius 1 is 1.30 bits per heavy atom. The minimum absolute atomic E-state index is 0.0166. The lowest BCUT2D eigenvalue weighted by atomic mass is 9.99. The van der Waals surface area contributed by atoms with Gasteiger partial charge in [-0.1, -0.05) is 30.3 Å². The number of piperidine rings is 1. The fourth-order valence-corrected chi connectivity index (χ4v) is 2.88. The van der Waals surface area contributed by atoms with Crippen LogP contribution in [0.1, 0.15) is 24.8 Å². The van der Waals surface area contributed by atoms with Gasteiger partial charge in [0.1, 0.15) is 6.61 Å². The molecule has 3 aliphatic heterocycles. The Balaban J connectivity index is 1.61. The molecule has 0 radical (unpaired) electrons. The van der Waals surface area contributed by atoms with E-state index in [2.05, 4.69) is 5.32 Å². The molecule has 5 nitrogen and oxygen atoms in total. The first-order valence-electron chi connectivity index (χ1n) is 6.99. The monoisotopic (exact) mass is 274 g/mol. The van der Waals surface area contributed by atoms with E-state index in [9.17, 15) is 9.59 Å². The van der Waals surface area contributed by atoms with E-state index in [4.69, 9.17) is 4.74 Å². The van der Waals surface area contributed by atoms with Gasteiger partial charge < -0.3 is 15.0 Å². The zero-order valence-corrected chi connectivity index (χ0v) is 11.2. The second-order valence-corrected chi connectivity index (χ2v) is 5.39. The number of hydrogen-bond acceptors (Lipinski definition) is 3. The van der Waals surface area contributed by atoms with Gasteiger partial charge >= 0.3 is 6.09 Å². The first-order chi connectivity index (χ1) is 9.72. The molecule has 1 N–H and O–H groups in total. The molecular weight excluding hydrogens is 256 g/mol. The van der Waals surface area contributed by atoms with Crippen LogP contribution in [0.2, 0.25) is 0 Å². The number of hydrogen-bond donors (Lipinski definition) is 1. The topological polar surface area (TPSA) is 58.6 Å². The van der Waals surface area contributed by atoms with Crippen LogP contribution in [0.5, 0.6) is 0 Å². The molecule has 2 unspecified atom stereocenters. The maximum absolute atomic E-state index is 12.2. The van der Waals surface area contributed by atoms with Crippen molar-refractivity contribution in [3.05, 3.63) is 35.9 Å². The number of nitrogens with zero attached hydrogens (tertiary/aromatic N) is 1. The summed E-state index contributed by atoms with van der Waals surface area (Å²) in [5, 5.41) is 2.94. The quantitative estimate of drug-likeness (QED) is 0.892. The first kappa shape index (κ1) is 13.0. The van der Waals surface area contributed by atoms with Gasteiger partial charge in [0.05, 0.1) is 0 Å². The Labute approximate surface area is 117 Å². The van der Waals surface area contributed by atoms with E-state index in [0.717, 1.165) is 18.4 Å². The summed E-state index contributed by atoms with van der Waals surface area (Å²) in [6, 6.07) is 9.66. The van der Waals surface area contributed by atoms with Crippen molar-refractivity contribution in [2.24, 2.45) is 0 Å². The van der Waals surface area contributed by atoms with Gasteiger partial charge in [-0.05, 0) is 18.4 Å². The molecule has 106 valence electrons. The lowest BCUT2D eigenvalue weighted by molar-refractivity contribution is -0.121. The molecule has 3 saturated heterocycles. The highest BCUT2D eigenvalue weighted by Gasteiger charge is 2.37. The molecule has 2 bridgehead atoms. The standard InChI is InChI=1S/C15H18N2O3/c18-14-8-13-7-6-12(16-14)9-17(13)15(19)20-10-11-4-2-1-3-5-11/h1-5,12-13H,6-10H2,(H,16,18). The molecule has 4 rings (SSSR count). The Kier molecular flexibility index (Phi) is 3.58. The van der Waals surface area contributed by atoms with Gasteiger partial charge in [-0.25, -0.2) is 4.79 Å². The fraction of sp³-hybridized carbons (Fsp3) is 0.467. The van der Waals surface area contributed by atoms with Gasteiger partial charge in [0, 0.05) is 25.0 Å². The van der Waals surface area contributed by atoms with E-state index in [1.807, 2.05) is 30.3 Å². The molecule has 0 aliphatic carbocycles. The SMILES string of the molecule is O=C1CC2CCC(CN2C(=O)OCc2ccccc2)N1. The van der Waals surface area contributed by atoms with Crippen molar-refractivity contribution in [3.63, 3.8) is 0 Å². The molecule has 20 heavy (non-hydrogen) atoms. The number of ether oxygens (including phenoxy) is 1. The predicted octanol–water partition coefficient (Wildman–Crippen LogP) is 1.68. The van der Waals surface area contributed by atoms with Crippen LogP contribution < -0.4 is 5.32 Å². The van der Waals surface area contributed by atoms with E-state index in [1.165, 1.54) is 0 Å². The number of fused-ring (bicyclic) bond motifs is 4. The normalized spacial score (nSPS) is 25.0. The van der Waals surface area contributed by atoms with Crippen LogP contribution in [-0.4, -0.2) is 35.5 Å². The van der Waals surface area contributed by atoms with Crippen LogP contribution in [0.15, 0.2) is 30.3 Å². The Morgan fingerprint density at radius 3 is 2.90 bits per heavy atom. The van der Waals surface area contributed by atoms with Crippen molar-refractivity contribution in [1.29, 1.82) is 0 Å². The zero-order valence-electron chi connectivity index (χ0n) is 11.2. The molecule has 5 heteroatoms. The number of benzene rings is 1. The Bertz CT molecular complexity index is 503. The van der Waals surface area contributed by atoms with Crippen LogP contribution in [0, 0.1) is 0 Å². The number of carbonyl (C=O) groups is 2. The highest BCUT2D eigenvalue weighted by atomic mass is 16.6. The largest absolute Gasteiger partial charge is 0.445 e. The summed E-state index contributed by atoms with van der Waals surface area (Å²) in [4.78, 5) is 25.5. The maximum atomic E-state index is 12.2. The maximum Gasteiger partial charge on any atom is 0.410 e. The van der Waals surface area contributed by atoms with Crippen molar-refractivity contribution in [2.75, 3.05) is 6.54 Å². The third kappa shape index (κ3) is 2.76. The minimum Gasteiger partial charge on any atom is -0.445 e. The molecule has 2 amide bonds. The zero-order chi connectivity index (χ0) is 13.9. The van der Waals surface area contributed by atoms with Crippen molar-refractivity contribution in [3.8, 4) is 0 Å². The molecule has 3 heterocycles. The van der Waals surface area contributed by atoms with Crippen LogP contribution >= 0.6 is 0 Å². The molecule has 0 aromatic heterocycles. The van der Waals surface area contributed by atoms with Gasteiger partial charge in [0.25, 0.3) is 0 Å². The first-order valence-corrected chi connectivity index (χ1v) is 6.99. The lowest BCUT2D eigenvalue weighted by Crippen LogP contribution is -2.49. The summed E-state index contributed by atoms with van der Waals surface area (Å²) in [5.74, 6) is 0.0378. The summed E-state index contributed by atoms with van der Waals surface area (Å²) in [5.41, 5.74) is 0.968. The van der Waals surface area contributed by atoms with Crippen molar-refractivity contribution in [1.82, 2.24) is 10.2 Å². The van der Waals surface area contributed by atoms with Crippen molar-refractivity contribution < 1.29 is 14.3 Å². The number of amides is 2. The van der Waals surface area contributed by atoms with Crippen LogP contribution in [0.25, 0.3) is 0 Å². The summed E-state index contributed by atoms with van der Waals surface area (Å²) < 4.78 is 5.36. The van der Waals surface area contributed by atoms with E-state index >= 15 is 0 Å². The van der Waals surface area contributed by atoms with Gasteiger partial charge in [0.2, 0.25) is 5.91 Å². The number of rotatable bonds is 2. The highest BCUT2D eigenvalue weighted by Crippen LogP contribution is 2.24. The minimum atomic E-state index is -0.319. The van der Waals surface area contributed by atoms with E-state index in [0.29, 0.717) is 13.0 Å². The van der Waals surface area contributed by atoms with Crippen molar-refractivity contribution in [2.45, 2.75) is 38.0 Å². The molecule has 0 spiro atoms. The average Bonchev–Trinajstić information content (AvgIpc) is 2.74. The summed E-state index contributed by atoms with van der Waals surface area (Å²) in [7, 11) is 0. The smallest absolute Gasteiger partial charge is 0.410 e. The molecule has 3 aliphatic rings. The summed E-state index contributed by atoms with van der Waals surface area (Å²) in [6.07, 6.45) is 1.87. The predicted molar refractivity (Wildman–Crippen MR) is 72.9 cm³/mol. The second kappa shape index (κ2) is 5.53. The third-order valence-corrected chi connectivity index (χ3v) is 3.93. The van der Waals surface area contributed by atoms with Crippen molar-refractivity contribution >= 4 is 12.0 Å². The van der Waals surface area contributed by atoms with Gasteiger partial charge in [-0.3, -0.25) is 4.79 Å². The van der Waals surface area contributed by atoms with Crippen LogP contribution in [-0.2, 0) is 16.1 Å². The Hall–Kier alpha value is -2.04. The second-order valence-electron chi connectivity index (χ2n) is 5.39. The molecule has 3 fully saturated rings. The van der Waals surface area contributed by atoms with Crippen LogP contribution in [0.3, 0.4) is 0 Å². The number of nitrogens with one attached hydrogen (secondary N) is 1. The Morgan fingerprint density at radius 2 is 2.10 bits per heavy atom. The van der Waals surface area contributed by atoms with E-state index in [-0.39, 0.29) is 30.7 Å². The lowest BCUT2D eigenvalue weighted by Gasteiger charge is -2.34.